The third-order valence-corrected chi connectivity index (χ3v) is 2.66. The van der Waals surface area contributed by atoms with E-state index in [0.717, 1.165) is 18.7 Å². The van der Waals surface area contributed by atoms with Crippen LogP contribution in [0.25, 0.3) is 0 Å². The summed E-state index contributed by atoms with van der Waals surface area (Å²) >= 11 is 0. The number of hydrogen-bond donors (Lipinski definition) is 3. The predicted molar refractivity (Wildman–Crippen MR) is 76.8 cm³/mol. The summed E-state index contributed by atoms with van der Waals surface area (Å²) in [5.41, 5.74) is 7.88. The molecule has 0 heterocycles. The van der Waals surface area contributed by atoms with E-state index >= 15 is 0 Å². The lowest BCUT2D eigenvalue weighted by atomic mass is 10.1. The van der Waals surface area contributed by atoms with Gasteiger partial charge in [0.25, 0.3) is 5.91 Å². The Kier molecular flexibility index (Phi) is 5.49. The topological polar surface area (TPSA) is 67.2 Å². The van der Waals surface area contributed by atoms with E-state index in [1.165, 1.54) is 0 Å². The van der Waals surface area contributed by atoms with Gasteiger partial charge < -0.3 is 16.4 Å². The molecule has 0 saturated heterocycles. The number of rotatable bonds is 6. The SMILES string of the molecule is CCNC(=O)c1ccc(N)cc1NCCC(C)C. The van der Waals surface area contributed by atoms with Gasteiger partial charge in [-0.2, -0.15) is 0 Å². The van der Waals surface area contributed by atoms with Gasteiger partial charge in [-0.05, 0) is 37.5 Å². The maximum atomic E-state index is 11.9. The second-order valence-corrected chi connectivity index (χ2v) is 4.77. The van der Waals surface area contributed by atoms with Gasteiger partial charge in [0.05, 0.1) is 5.56 Å². The van der Waals surface area contributed by atoms with Crippen molar-refractivity contribution >= 4 is 17.3 Å². The molecule has 0 bridgehead atoms. The predicted octanol–water partition coefficient (Wildman–Crippen LogP) is 2.48. The quantitative estimate of drug-likeness (QED) is 0.678. The zero-order valence-corrected chi connectivity index (χ0v) is 11.4. The van der Waals surface area contributed by atoms with Crippen LogP contribution in [0.15, 0.2) is 18.2 Å². The van der Waals surface area contributed by atoms with Crippen molar-refractivity contribution in [1.82, 2.24) is 5.32 Å². The molecule has 18 heavy (non-hydrogen) atoms. The van der Waals surface area contributed by atoms with Crippen molar-refractivity contribution in [2.75, 3.05) is 24.1 Å². The molecule has 1 rings (SSSR count). The fraction of sp³-hybridized carbons (Fsp3) is 0.500. The molecule has 0 aliphatic heterocycles. The zero-order valence-electron chi connectivity index (χ0n) is 11.4. The van der Waals surface area contributed by atoms with E-state index in [2.05, 4.69) is 24.5 Å². The smallest absolute Gasteiger partial charge is 0.253 e. The minimum Gasteiger partial charge on any atom is -0.399 e. The van der Waals surface area contributed by atoms with E-state index in [0.29, 0.717) is 23.7 Å². The Bertz CT molecular complexity index is 402. The molecule has 100 valence electrons. The van der Waals surface area contributed by atoms with E-state index in [1.54, 1.807) is 12.1 Å². The van der Waals surface area contributed by atoms with Crippen LogP contribution in [0, 0.1) is 5.92 Å². The maximum absolute atomic E-state index is 11.9. The highest BCUT2D eigenvalue weighted by molar-refractivity contribution is 6.00. The first kappa shape index (κ1) is 14.4. The summed E-state index contributed by atoms with van der Waals surface area (Å²) in [6.07, 6.45) is 1.06. The van der Waals surface area contributed by atoms with Gasteiger partial charge in [0.15, 0.2) is 0 Å². The van der Waals surface area contributed by atoms with Crippen LogP contribution in [-0.2, 0) is 0 Å². The first-order chi connectivity index (χ1) is 8.54. The van der Waals surface area contributed by atoms with E-state index in [4.69, 9.17) is 5.73 Å². The molecule has 1 amide bonds. The monoisotopic (exact) mass is 249 g/mol. The molecule has 0 radical (unpaired) electrons. The summed E-state index contributed by atoms with van der Waals surface area (Å²) in [4.78, 5) is 11.9. The van der Waals surface area contributed by atoms with Gasteiger partial charge in [0, 0.05) is 24.5 Å². The van der Waals surface area contributed by atoms with Gasteiger partial charge in [-0.1, -0.05) is 13.8 Å². The first-order valence-corrected chi connectivity index (χ1v) is 6.46. The van der Waals surface area contributed by atoms with Crippen LogP contribution in [0.2, 0.25) is 0 Å². The lowest BCUT2D eigenvalue weighted by molar-refractivity contribution is 0.0956. The van der Waals surface area contributed by atoms with Crippen molar-refractivity contribution in [3.05, 3.63) is 23.8 Å². The summed E-state index contributed by atoms with van der Waals surface area (Å²) in [6, 6.07) is 5.32. The van der Waals surface area contributed by atoms with Crippen molar-refractivity contribution in [2.45, 2.75) is 27.2 Å². The molecule has 0 aliphatic carbocycles. The third kappa shape index (κ3) is 4.28. The molecular formula is C14H23N3O. The van der Waals surface area contributed by atoms with Gasteiger partial charge in [0.2, 0.25) is 0 Å². The molecule has 0 aromatic heterocycles. The number of hydrogen-bond acceptors (Lipinski definition) is 3. The van der Waals surface area contributed by atoms with E-state index in [9.17, 15) is 4.79 Å². The number of carbonyl (C=O) groups excluding carboxylic acids is 1. The molecule has 0 saturated carbocycles. The van der Waals surface area contributed by atoms with Crippen molar-refractivity contribution in [2.24, 2.45) is 5.92 Å². The average Bonchev–Trinajstić information content (AvgIpc) is 2.29. The van der Waals surface area contributed by atoms with Crippen LogP contribution in [0.3, 0.4) is 0 Å². The van der Waals surface area contributed by atoms with Gasteiger partial charge in [-0.25, -0.2) is 0 Å². The second kappa shape index (κ2) is 6.89. The Morgan fingerprint density at radius 1 is 1.39 bits per heavy atom. The molecular weight excluding hydrogens is 226 g/mol. The molecule has 0 atom stereocenters. The standard InChI is InChI=1S/C14H23N3O/c1-4-16-14(18)12-6-5-11(15)9-13(12)17-8-7-10(2)3/h5-6,9-10,17H,4,7-8,15H2,1-3H3,(H,16,18). The number of benzene rings is 1. The second-order valence-electron chi connectivity index (χ2n) is 4.77. The van der Waals surface area contributed by atoms with Crippen LogP contribution >= 0.6 is 0 Å². The van der Waals surface area contributed by atoms with Crippen LogP contribution in [0.5, 0.6) is 0 Å². The lowest BCUT2D eigenvalue weighted by Crippen LogP contribution is -2.24. The molecule has 0 fully saturated rings. The zero-order chi connectivity index (χ0) is 13.5. The van der Waals surface area contributed by atoms with Crippen molar-refractivity contribution in [3.8, 4) is 0 Å². The molecule has 4 nitrogen and oxygen atoms in total. The minimum atomic E-state index is -0.0652. The van der Waals surface area contributed by atoms with Gasteiger partial charge >= 0.3 is 0 Å². The van der Waals surface area contributed by atoms with Crippen LogP contribution in [0.1, 0.15) is 37.6 Å². The molecule has 0 unspecified atom stereocenters. The largest absolute Gasteiger partial charge is 0.399 e. The van der Waals surface area contributed by atoms with Gasteiger partial charge in [-0.15, -0.1) is 0 Å². The number of nitrogens with two attached hydrogens (primary N) is 1. The number of anilines is 2. The third-order valence-electron chi connectivity index (χ3n) is 2.66. The van der Waals surface area contributed by atoms with Crippen molar-refractivity contribution in [3.63, 3.8) is 0 Å². The molecule has 1 aromatic rings. The molecule has 4 N–H and O–H groups in total. The number of nitrogens with one attached hydrogen (secondary N) is 2. The fourth-order valence-electron chi connectivity index (χ4n) is 1.66. The van der Waals surface area contributed by atoms with Gasteiger partial charge in [0.1, 0.15) is 0 Å². The Morgan fingerprint density at radius 3 is 2.72 bits per heavy atom. The Balaban J connectivity index is 2.79. The summed E-state index contributed by atoms with van der Waals surface area (Å²) in [5, 5.41) is 6.09. The van der Waals surface area contributed by atoms with Crippen LogP contribution < -0.4 is 16.4 Å². The van der Waals surface area contributed by atoms with E-state index in [-0.39, 0.29) is 5.91 Å². The first-order valence-electron chi connectivity index (χ1n) is 6.46. The lowest BCUT2D eigenvalue weighted by Gasteiger charge is -2.13. The normalized spacial score (nSPS) is 10.4. The number of carbonyl (C=O) groups is 1. The molecule has 4 heteroatoms. The van der Waals surface area contributed by atoms with E-state index in [1.807, 2.05) is 13.0 Å². The highest BCUT2D eigenvalue weighted by Crippen LogP contribution is 2.19. The van der Waals surface area contributed by atoms with Crippen molar-refractivity contribution < 1.29 is 4.79 Å². The highest BCUT2D eigenvalue weighted by atomic mass is 16.1. The summed E-state index contributed by atoms with van der Waals surface area (Å²) in [7, 11) is 0. The van der Waals surface area contributed by atoms with Crippen molar-refractivity contribution in [1.29, 1.82) is 0 Å². The summed E-state index contributed by atoms with van der Waals surface area (Å²) in [6.45, 7) is 7.71. The molecule has 1 aromatic carbocycles. The average molecular weight is 249 g/mol. The Labute approximate surface area is 109 Å². The number of nitrogen functional groups attached to an aromatic ring is 1. The van der Waals surface area contributed by atoms with Gasteiger partial charge in [-0.3, -0.25) is 4.79 Å². The Morgan fingerprint density at radius 2 is 2.11 bits per heavy atom. The summed E-state index contributed by atoms with van der Waals surface area (Å²) in [5.74, 6) is 0.566. The van der Waals surface area contributed by atoms with Crippen LogP contribution in [0.4, 0.5) is 11.4 Å². The number of amides is 1. The molecule has 0 spiro atoms. The van der Waals surface area contributed by atoms with E-state index < -0.39 is 0 Å². The summed E-state index contributed by atoms with van der Waals surface area (Å²) < 4.78 is 0. The fourth-order valence-corrected chi connectivity index (χ4v) is 1.66. The Hall–Kier alpha value is -1.71. The van der Waals surface area contributed by atoms with Crippen LogP contribution in [-0.4, -0.2) is 19.0 Å². The highest BCUT2D eigenvalue weighted by Gasteiger charge is 2.10. The molecule has 0 aliphatic rings. The maximum Gasteiger partial charge on any atom is 0.253 e. The minimum absolute atomic E-state index is 0.0652.